The summed E-state index contributed by atoms with van der Waals surface area (Å²) in [6.07, 6.45) is -1.60. The van der Waals surface area contributed by atoms with Gasteiger partial charge >= 0.3 is 11.9 Å². The van der Waals surface area contributed by atoms with Crippen LogP contribution < -0.4 is 27.4 Å². The van der Waals surface area contributed by atoms with Crippen LogP contribution in [0.1, 0.15) is 24.8 Å². The zero-order chi connectivity index (χ0) is 27.4. The number of aromatic hydroxyl groups is 1. The molecule has 1 aromatic carbocycles. The van der Waals surface area contributed by atoms with Crippen LogP contribution in [0.5, 0.6) is 5.75 Å². The lowest BCUT2D eigenvalue weighted by atomic mass is 10.0. The molecular formula is C21H29N5O9S. The highest BCUT2D eigenvalue weighted by Gasteiger charge is 2.31. The number of hydrogen-bond acceptors (Lipinski definition) is 9. The smallest absolute Gasteiger partial charge is 0.327 e. The fraction of sp³-hybridized carbons (Fsp3) is 0.429. The highest BCUT2D eigenvalue weighted by atomic mass is 32.1. The number of carboxylic acids is 2. The molecule has 0 aromatic heterocycles. The SMILES string of the molecule is NC(=O)CC(NC(=O)C(N)Cc1ccc(O)cc1)C(=O)NC(CCC(=O)O)C(=O)NC(CS)C(=O)O. The number of rotatable bonds is 15. The Morgan fingerprint density at radius 1 is 0.861 bits per heavy atom. The molecule has 1 rings (SSSR count). The van der Waals surface area contributed by atoms with Crippen LogP contribution in [0.3, 0.4) is 0 Å². The average molecular weight is 528 g/mol. The minimum atomic E-state index is -1.55. The summed E-state index contributed by atoms with van der Waals surface area (Å²) in [5.74, 6) is -6.77. The van der Waals surface area contributed by atoms with E-state index in [1.54, 1.807) is 0 Å². The Bertz CT molecular complexity index is 973. The summed E-state index contributed by atoms with van der Waals surface area (Å²) < 4.78 is 0. The van der Waals surface area contributed by atoms with E-state index >= 15 is 0 Å². The topological polar surface area (TPSA) is 251 Å². The van der Waals surface area contributed by atoms with Gasteiger partial charge in [-0.1, -0.05) is 12.1 Å². The second kappa shape index (κ2) is 14.5. The number of nitrogens with two attached hydrogens (primary N) is 2. The van der Waals surface area contributed by atoms with Crippen LogP contribution in [0.15, 0.2) is 24.3 Å². The summed E-state index contributed by atoms with van der Waals surface area (Å²) in [5.41, 5.74) is 11.7. The van der Waals surface area contributed by atoms with Crippen LogP contribution in [-0.4, -0.2) is 80.8 Å². The standard InChI is InChI=1S/C21H29N5O9S/c22-12(7-10-1-3-11(27)4-2-10)18(31)25-14(8-16(23)28)20(33)24-13(5-6-17(29)30)19(32)26-15(9-36)21(34)35/h1-4,12-15,27,36H,5-9,22H2,(H2,23,28)(H,24,33)(H,25,31)(H,26,32)(H,29,30)(H,34,35). The first-order chi connectivity index (χ1) is 16.8. The van der Waals surface area contributed by atoms with E-state index in [4.69, 9.17) is 21.7 Å². The summed E-state index contributed by atoms with van der Waals surface area (Å²) in [7, 11) is 0. The fourth-order valence-electron chi connectivity index (χ4n) is 2.93. The van der Waals surface area contributed by atoms with E-state index in [1.165, 1.54) is 24.3 Å². The lowest BCUT2D eigenvalue weighted by molar-refractivity contribution is -0.142. The van der Waals surface area contributed by atoms with Gasteiger partial charge in [0.25, 0.3) is 0 Å². The normalized spacial score (nSPS) is 13.9. The Hall–Kier alpha value is -3.85. The lowest BCUT2D eigenvalue weighted by Crippen LogP contribution is -2.58. The summed E-state index contributed by atoms with van der Waals surface area (Å²) >= 11 is 3.82. The Kier molecular flexibility index (Phi) is 12.2. The molecule has 0 aliphatic carbocycles. The molecule has 0 radical (unpaired) electrons. The minimum absolute atomic E-state index is 0.0144. The summed E-state index contributed by atoms with van der Waals surface area (Å²) in [6, 6.07) is 0.241. The molecule has 10 N–H and O–H groups in total. The van der Waals surface area contributed by atoms with E-state index < -0.39 is 79.0 Å². The molecular weight excluding hydrogens is 498 g/mol. The van der Waals surface area contributed by atoms with Crippen LogP contribution in [0.2, 0.25) is 0 Å². The number of aliphatic carboxylic acids is 2. The molecule has 0 spiro atoms. The zero-order valence-electron chi connectivity index (χ0n) is 19.0. The lowest BCUT2D eigenvalue weighted by Gasteiger charge is -2.24. The van der Waals surface area contributed by atoms with E-state index in [2.05, 4.69) is 28.6 Å². The first-order valence-electron chi connectivity index (χ1n) is 10.6. The van der Waals surface area contributed by atoms with Gasteiger partial charge < -0.3 is 42.7 Å². The predicted octanol–water partition coefficient (Wildman–Crippen LogP) is -2.53. The second-order valence-electron chi connectivity index (χ2n) is 7.78. The largest absolute Gasteiger partial charge is 0.508 e. The third-order valence-corrected chi connectivity index (χ3v) is 5.21. The van der Waals surface area contributed by atoms with E-state index in [0.29, 0.717) is 5.56 Å². The first kappa shape index (κ1) is 30.2. The van der Waals surface area contributed by atoms with Gasteiger partial charge in [-0.05, 0) is 30.5 Å². The van der Waals surface area contributed by atoms with Crippen molar-refractivity contribution < 1.29 is 44.1 Å². The van der Waals surface area contributed by atoms with Crippen molar-refractivity contribution in [1.29, 1.82) is 0 Å². The molecule has 0 saturated carbocycles. The number of phenols is 1. The number of carbonyl (C=O) groups excluding carboxylic acids is 4. The molecule has 4 atom stereocenters. The maximum absolute atomic E-state index is 12.8. The molecule has 36 heavy (non-hydrogen) atoms. The summed E-state index contributed by atoms with van der Waals surface area (Å²) in [6.45, 7) is 0. The third-order valence-electron chi connectivity index (χ3n) is 4.84. The molecule has 14 nitrogen and oxygen atoms in total. The molecule has 198 valence electrons. The van der Waals surface area contributed by atoms with Crippen LogP contribution in [-0.2, 0) is 35.2 Å². The van der Waals surface area contributed by atoms with Crippen molar-refractivity contribution in [1.82, 2.24) is 16.0 Å². The van der Waals surface area contributed by atoms with Gasteiger partial charge in [-0.3, -0.25) is 24.0 Å². The van der Waals surface area contributed by atoms with E-state index in [9.17, 15) is 33.9 Å². The third kappa shape index (κ3) is 10.6. The van der Waals surface area contributed by atoms with Gasteiger partial charge in [0.1, 0.15) is 23.9 Å². The number of phenolic OH excluding ortho intramolecular Hbond substituents is 1. The van der Waals surface area contributed by atoms with Gasteiger partial charge in [-0.15, -0.1) is 0 Å². The molecule has 0 fully saturated rings. The Morgan fingerprint density at radius 3 is 1.89 bits per heavy atom. The molecule has 0 aliphatic rings. The average Bonchev–Trinajstić information content (AvgIpc) is 2.80. The number of primary amides is 1. The highest BCUT2D eigenvalue weighted by Crippen LogP contribution is 2.11. The number of carboxylic acid groups (broad SMARTS) is 2. The number of carbonyl (C=O) groups is 6. The zero-order valence-corrected chi connectivity index (χ0v) is 19.9. The molecule has 15 heteroatoms. The predicted molar refractivity (Wildman–Crippen MR) is 128 cm³/mol. The number of benzene rings is 1. The molecule has 0 aliphatic heterocycles. The van der Waals surface area contributed by atoms with Gasteiger partial charge in [0, 0.05) is 12.2 Å². The maximum atomic E-state index is 12.8. The number of amides is 4. The number of hydrogen-bond donors (Lipinski definition) is 9. The van der Waals surface area contributed by atoms with Crippen molar-refractivity contribution in [3.05, 3.63) is 29.8 Å². The van der Waals surface area contributed by atoms with Gasteiger partial charge in [0.05, 0.1) is 12.5 Å². The quantitative estimate of drug-likeness (QED) is 0.108. The number of nitrogens with one attached hydrogen (secondary N) is 3. The van der Waals surface area contributed by atoms with Crippen molar-refractivity contribution in [3.8, 4) is 5.75 Å². The second-order valence-corrected chi connectivity index (χ2v) is 8.15. The van der Waals surface area contributed by atoms with Crippen molar-refractivity contribution >= 4 is 48.2 Å². The molecule has 1 aromatic rings. The van der Waals surface area contributed by atoms with Gasteiger partial charge in [0.2, 0.25) is 23.6 Å². The van der Waals surface area contributed by atoms with Crippen molar-refractivity contribution in [3.63, 3.8) is 0 Å². The maximum Gasteiger partial charge on any atom is 0.327 e. The highest BCUT2D eigenvalue weighted by molar-refractivity contribution is 7.80. The van der Waals surface area contributed by atoms with Crippen LogP contribution >= 0.6 is 12.6 Å². The van der Waals surface area contributed by atoms with Gasteiger partial charge in [0.15, 0.2) is 0 Å². The summed E-state index contributed by atoms with van der Waals surface area (Å²) in [5, 5.41) is 34.0. The van der Waals surface area contributed by atoms with Crippen LogP contribution in [0.4, 0.5) is 0 Å². The fourth-order valence-corrected chi connectivity index (χ4v) is 3.18. The molecule has 4 unspecified atom stereocenters. The van der Waals surface area contributed by atoms with Crippen molar-refractivity contribution in [2.75, 3.05) is 5.75 Å². The Labute approximate surface area is 211 Å². The minimum Gasteiger partial charge on any atom is -0.508 e. The molecule has 4 amide bonds. The molecule has 0 saturated heterocycles. The van der Waals surface area contributed by atoms with Crippen LogP contribution in [0.25, 0.3) is 0 Å². The number of thiol groups is 1. The van der Waals surface area contributed by atoms with Crippen molar-refractivity contribution in [2.45, 2.75) is 49.9 Å². The van der Waals surface area contributed by atoms with E-state index in [0.717, 1.165) is 0 Å². The summed E-state index contributed by atoms with van der Waals surface area (Å²) in [4.78, 5) is 71.5. The van der Waals surface area contributed by atoms with Gasteiger partial charge in [-0.25, -0.2) is 4.79 Å². The van der Waals surface area contributed by atoms with Gasteiger partial charge in [-0.2, -0.15) is 12.6 Å². The molecule has 0 bridgehead atoms. The van der Waals surface area contributed by atoms with E-state index in [1.807, 2.05) is 0 Å². The first-order valence-corrected chi connectivity index (χ1v) is 11.3. The van der Waals surface area contributed by atoms with Crippen molar-refractivity contribution in [2.24, 2.45) is 11.5 Å². The molecule has 0 heterocycles. The monoisotopic (exact) mass is 527 g/mol. The Balaban J connectivity index is 2.97. The Morgan fingerprint density at radius 2 is 1.39 bits per heavy atom. The van der Waals surface area contributed by atoms with E-state index in [-0.39, 0.29) is 17.9 Å². The van der Waals surface area contributed by atoms with Crippen LogP contribution in [0, 0.1) is 0 Å².